The number of nitrogens with one attached hydrogen (secondary N) is 2. The lowest BCUT2D eigenvalue weighted by atomic mass is 10.2. The van der Waals surface area contributed by atoms with Crippen LogP contribution >= 0.6 is 0 Å². The van der Waals surface area contributed by atoms with Gasteiger partial charge in [-0.05, 0) is 12.8 Å². The Morgan fingerprint density at radius 3 is 2.54 bits per heavy atom. The van der Waals surface area contributed by atoms with E-state index in [9.17, 15) is 4.79 Å². The molecule has 0 spiro atoms. The van der Waals surface area contributed by atoms with E-state index in [0.29, 0.717) is 12.5 Å². The van der Waals surface area contributed by atoms with Gasteiger partial charge >= 0.3 is 0 Å². The molecule has 3 heteroatoms. The molecular formula is C10H20N2O. The molecule has 0 aliphatic carbocycles. The fourth-order valence-corrected chi connectivity index (χ4v) is 0.717. The van der Waals surface area contributed by atoms with E-state index >= 15 is 0 Å². The highest BCUT2D eigenvalue weighted by Gasteiger charge is 2.02. The first-order valence-electron chi connectivity index (χ1n) is 4.69. The Balaban J connectivity index is 3.46. The maximum absolute atomic E-state index is 11.2. The summed E-state index contributed by atoms with van der Waals surface area (Å²) in [5.74, 6) is 0.545. The maximum Gasteiger partial charge on any atom is 0.233 e. The Hall–Kier alpha value is -0.830. The van der Waals surface area contributed by atoms with Crippen LogP contribution in [0.5, 0.6) is 0 Å². The van der Waals surface area contributed by atoms with Gasteiger partial charge in [0.1, 0.15) is 0 Å². The minimum absolute atomic E-state index is 0.0439. The first kappa shape index (κ1) is 12.2. The Morgan fingerprint density at radius 1 is 1.46 bits per heavy atom. The molecule has 0 saturated heterocycles. The van der Waals surface area contributed by atoms with Crippen molar-refractivity contribution in [1.29, 1.82) is 0 Å². The van der Waals surface area contributed by atoms with E-state index in [1.54, 1.807) is 6.08 Å². The van der Waals surface area contributed by atoms with Gasteiger partial charge in [0.15, 0.2) is 0 Å². The highest BCUT2D eigenvalue weighted by atomic mass is 16.1. The second-order valence-corrected chi connectivity index (χ2v) is 3.60. The van der Waals surface area contributed by atoms with Crippen LogP contribution in [0.1, 0.15) is 20.8 Å². The average Bonchev–Trinajstić information content (AvgIpc) is 2.10. The molecule has 76 valence electrons. The largest absolute Gasteiger partial charge is 0.355 e. The zero-order chi connectivity index (χ0) is 10.3. The number of hydrogen-bond acceptors (Lipinski definition) is 2. The molecule has 0 rings (SSSR count). The Labute approximate surface area is 80.6 Å². The molecule has 0 aliphatic rings. The summed E-state index contributed by atoms with van der Waals surface area (Å²) in [5.41, 5.74) is 0. The smallest absolute Gasteiger partial charge is 0.233 e. The van der Waals surface area contributed by atoms with Gasteiger partial charge in [-0.15, -0.1) is 6.58 Å². The molecule has 0 bridgehead atoms. The van der Waals surface area contributed by atoms with Crippen LogP contribution in [0.15, 0.2) is 12.7 Å². The van der Waals surface area contributed by atoms with Gasteiger partial charge < -0.3 is 10.6 Å². The molecule has 13 heavy (non-hydrogen) atoms. The zero-order valence-electron chi connectivity index (χ0n) is 8.76. The van der Waals surface area contributed by atoms with Gasteiger partial charge in [0.05, 0.1) is 6.54 Å². The number of rotatable bonds is 6. The molecular weight excluding hydrogens is 164 g/mol. The maximum atomic E-state index is 11.2. The lowest BCUT2D eigenvalue weighted by Gasteiger charge is -2.10. The summed E-state index contributed by atoms with van der Waals surface area (Å²) in [6, 6.07) is 0.185. The molecule has 0 aromatic heterocycles. The molecule has 1 amide bonds. The van der Waals surface area contributed by atoms with Gasteiger partial charge in [-0.2, -0.15) is 0 Å². The summed E-state index contributed by atoms with van der Waals surface area (Å²) >= 11 is 0. The summed E-state index contributed by atoms with van der Waals surface area (Å²) in [6.07, 6.45) is 1.77. The molecule has 0 heterocycles. The van der Waals surface area contributed by atoms with Crippen LogP contribution in [0.2, 0.25) is 0 Å². The number of carbonyl (C=O) groups is 1. The van der Waals surface area contributed by atoms with E-state index in [1.165, 1.54) is 0 Å². The molecule has 0 aliphatic heterocycles. The number of hydrogen-bond donors (Lipinski definition) is 2. The number of carbonyl (C=O) groups excluding carboxylic acids is 1. The molecule has 0 aromatic rings. The fraction of sp³-hybridized carbons (Fsp3) is 0.700. The van der Waals surface area contributed by atoms with Gasteiger partial charge in [-0.25, -0.2) is 0 Å². The van der Waals surface area contributed by atoms with E-state index < -0.39 is 0 Å². The van der Waals surface area contributed by atoms with Crippen molar-refractivity contribution in [3.8, 4) is 0 Å². The normalized spacial score (nSPS) is 12.6. The van der Waals surface area contributed by atoms with Crippen LogP contribution < -0.4 is 10.6 Å². The highest BCUT2D eigenvalue weighted by Crippen LogP contribution is 1.86. The average molecular weight is 184 g/mol. The molecule has 0 radical (unpaired) electrons. The van der Waals surface area contributed by atoms with Crippen molar-refractivity contribution < 1.29 is 4.79 Å². The summed E-state index contributed by atoms with van der Waals surface area (Å²) in [4.78, 5) is 11.2. The van der Waals surface area contributed by atoms with Crippen molar-refractivity contribution in [3.63, 3.8) is 0 Å². The van der Waals surface area contributed by atoms with Crippen LogP contribution in [0.25, 0.3) is 0 Å². The second-order valence-electron chi connectivity index (χ2n) is 3.60. The predicted octanol–water partition coefficient (Wildman–Crippen LogP) is 0.923. The van der Waals surface area contributed by atoms with Crippen molar-refractivity contribution in [3.05, 3.63) is 12.7 Å². The third kappa shape index (κ3) is 7.53. The lowest BCUT2D eigenvalue weighted by Crippen LogP contribution is -2.38. The third-order valence-electron chi connectivity index (χ3n) is 1.65. The summed E-state index contributed by atoms with van der Waals surface area (Å²) < 4.78 is 0. The van der Waals surface area contributed by atoms with E-state index in [4.69, 9.17) is 0 Å². The number of amides is 1. The van der Waals surface area contributed by atoms with Gasteiger partial charge in [0.25, 0.3) is 0 Å². The quantitative estimate of drug-likeness (QED) is 0.603. The Bertz CT molecular complexity index is 166. The second kappa shape index (κ2) is 6.66. The molecule has 1 unspecified atom stereocenters. The van der Waals surface area contributed by atoms with Crippen molar-refractivity contribution in [2.45, 2.75) is 26.8 Å². The first-order valence-corrected chi connectivity index (χ1v) is 4.69. The van der Waals surface area contributed by atoms with E-state index in [2.05, 4.69) is 31.1 Å². The summed E-state index contributed by atoms with van der Waals surface area (Å²) in [7, 11) is 0. The van der Waals surface area contributed by atoms with Crippen LogP contribution in [-0.4, -0.2) is 25.0 Å². The van der Waals surface area contributed by atoms with Crippen molar-refractivity contribution in [2.75, 3.05) is 13.1 Å². The topological polar surface area (TPSA) is 41.1 Å². The van der Waals surface area contributed by atoms with Crippen LogP contribution in [0.4, 0.5) is 0 Å². The molecule has 0 aromatic carbocycles. The van der Waals surface area contributed by atoms with Crippen LogP contribution in [0, 0.1) is 5.92 Å². The van der Waals surface area contributed by atoms with Crippen LogP contribution in [0.3, 0.4) is 0 Å². The summed E-state index contributed by atoms with van der Waals surface area (Å²) in [6.45, 7) is 10.8. The first-order chi connectivity index (χ1) is 6.06. The SMILES string of the molecule is C=CC(C)NCC(=O)NCC(C)C. The van der Waals surface area contributed by atoms with Gasteiger partial charge in [-0.3, -0.25) is 4.79 Å². The molecule has 0 saturated carbocycles. The van der Waals surface area contributed by atoms with Crippen molar-refractivity contribution in [1.82, 2.24) is 10.6 Å². The van der Waals surface area contributed by atoms with E-state index in [-0.39, 0.29) is 11.9 Å². The Kier molecular flexibility index (Phi) is 6.24. The highest BCUT2D eigenvalue weighted by molar-refractivity contribution is 5.78. The fourth-order valence-electron chi connectivity index (χ4n) is 0.717. The zero-order valence-corrected chi connectivity index (χ0v) is 8.76. The monoisotopic (exact) mass is 184 g/mol. The van der Waals surface area contributed by atoms with E-state index in [1.807, 2.05) is 6.92 Å². The van der Waals surface area contributed by atoms with Gasteiger partial charge in [0.2, 0.25) is 5.91 Å². The van der Waals surface area contributed by atoms with Gasteiger partial charge in [-0.1, -0.05) is 19.9 Å². The minimum Gasteiger partial charge on any atom is -0.355 e. The minimum atomic E-state index is 0.0439. The third-order valence-corrected chi connectivity index (χ3v) is 1.65. The molecule has 0 fully saturated rings. The van der Waals surface area contributed by atoms with Crippen LogP contribution in [-0.2, 0) is 4.79 Å². The van der Waals surface area contributed by atoms with Crippen molar-refractivity contribution in [2.24, 2.45) is 5.92 Å². The van der Waals surface area contributed by atoms with Gasteiger partial charge in [0, 0.05) is 12.6 Å². The standard InChI is InChI=1S/C10H20N2O/c1-5-9(4)11-7-10(13)12-6-8(2)3/h5,8-9,11H,1,6-7H2,2-4H3,(H,12,13). The predicted molar refractivity (Wildman–Crippen MR) is 55.5 cm³/mol. The van der Waals surface area contributed by atoms with Crippen molar-refractivity contribution >= 4 is 5.91 Å². The molecule has 1 atom stereocenters. The summed E-state index contributed by atoms with van der Waals surface area (Å²) in [5, 5.41) is 5.85. The van der Waals surface area contributed by atoms with E-state index in [0.717, 1.165) is 6.54 Å². The Morgan fingerprint density at radius 2 is 2.08 bits per heavy atom. The molecule has 3 nitrogen and oxygen atoms in total. The molecule has 2 N–H and O–H groups in total. The lowest BCUT2D eigenvalue weighted by molar-refractivity contribution is -0.120.